The second-order valence-electron chi connectivity index (χ2n) is 20.6. The first kappa shape index (κ1) is 68.1. The van der Waals surface area contributed by atoms with Gasteiger partial charge < -0.3 is 14.2 Å². The maximum atomic E-state index is 12.9. The van der Waals surface area contributed by atoms with Gasteiger partial charge in [0, 0.05) is 19.3 Å². The molecule has 1 atom stereocenters. The third-order valence-corrected chi connectivity index (χ3v) is 13.5. The van der Waals surface area contributed by atoms with Crippen LogP contribution in [-0.2, 0) is 28.6 Å². The van der Waals surface area contributed by atoms with Gasteiger partial charge in [-0.15, -0.1) is 0 Å². The van der Waals surface area contributed by atoms with Crippen LogP contribution in [0.15, 0.2) is 60.8 Å². The van der Waals surface area contributed by atoms with Gasteiger partial charge in [0.2, 0.25) is 0 Å². The highest BCUT2D eigenvalue weighted by atomic mass is 16.6. The fourth-order valence-electron chi connectivity index (χ4n) is 8.90. The molecule has 0 aliphatic heterocycles. The van der Waals surface area contributed by atoms with Crippen LogP contribution in [0, 0.1) is 0 Å². The van der Waals surface area contributed by atoms with Crippen LogP contribution in [0.1, 0.15) is 316 Å². The van der Waals surface area contributed by atoms with Crippen molar-refractivity contribution in [1.29, 1.82) is 0 Å². The minimum Gasteiger partial charge on any atom is -0.462 e. The number of carbonyl (C=O) groups excluding carboxylic acids is 3. The molecule has 1 unspecified atom stereocenters. The van der Waals surface area contributed by atoms with Gasteiger partial charge in [-0.2, -0.15) is 0 Å². The lowest BCUT2D eigenvalue weighted by Crippen LogP contribution is -2.30. The zero-order chi connectivity index (χ0) is 51.4. The highest BCUT2D eigenvalue weighted by Crippen LogP contribution is 2.17. The Morgan fingerprint density at radius 3 is 0.901 bits per heavy atom. The van der Waals surface area contributed by atoms with Crippen molar-refractivity contribution in [2.75, 3.05) is 13.2 Å². The molecule has 0 fully saturated rings. The van der Waals surface area contributed by atoms with Crippen LogP contribution in [0.2, 0.25) is 0 Å². The van der Waals surface area contributed by atoms with Gasteiger partial charge in [-0.05, 0) is 83.5 Å². The van der Waals surface area contributed by atoms with E-state index in [1.807, 2.05) is 0 Å². The molecule has 412 valence electrons. The lowest BCUT2D eigenvalue weighted by atomic mass is 10.0. The van der Waals surface area contributed by atoms with Crippen LogP contribution in [0.4, 0.5) is 0 Å². The Labute approximate surface area is 440 Å². The number of hydrogen-bond donors (Lipinski definition) is 0. The second-order valence-corrected chi connectivity index (χ2v) is 20.6. The van der Waals surface area contributed by atoms with Crippen LogP contribution >= 0.6 is 0 Å². The van der Waals surface area contributed by atoms with Gasteiger partial charge in [0.25, 0.3) is 0 Å². The molecule has 0 saturated carbocycles. The zero-order valence-corrected chi connectivity index (χ0v) is 47.2. The fraction of sp³-hybridized carbons (Fsp3) is 0.800. The molecule has 0 aromatic rings. The van der Waals surface area contributed by atoms with E-state index in [1.54, 1.807) is 0 Å². The van der Waals surface area contributed by atoms with E-state index in [0.29, 0.717) is 19.3 Å². The third kappa shape index (κ3) is 57.9. The lowest BCUT2D eigenvalue weighted by molar-refractivity contribution is -0.167. The van der Waals surface area contributed by atoms with Gasteiger partial charge in [-0.3, -0.25) is 14.4 Å². The molecule has 0 aliphatic rings. The molecule has 0 radical (unpaired) electrons. The summed E-state index contributed by atoms with van der Waals surface area (Å²) in [5, 5.41) is 0. The number of unbranched alkanes of at least 4 members (excludes halogenated alkanes) is 35. The number of hydrogen-bond acceptors (Lipinski definition) is 6. The van der Waals surface area contributed by atoms with Crippen LogP contribution in [0.5, 0.6) is 0 Å². The van der Waals surface area contributed by atoms with E-state index in [2.05, 4.69) is 81.5 Å². The summed E-state index contributed by atoms with van der Waals surface area (Å²) in [5.41, 5.74) is 0. The van der Waals surface area contributed by atoms with Crippen molar-refractivity contribution in [3.8, 4) is 0 Å². The van der Waals surface area contributed by atoms with Crippen LogP contribution in [0.25, 0.3) is 0 Å². The van der Waals surface area contributed by atoms with Gasteiger partial charge in [-0.1, -0.05) is 274 Å². The van der Waals surface area contributed by atoms with Crippen molar-refractivity contribution in [2.24, 2.45) is 0 Å². The topological polar surface area (TPSA) is 78.9 Å². The van der Waals surface area contributed by atoms with Crippen LogP contribution < -0.4 is 0 Å². The fourth-order valence-corrected chi connectivity index (χ4v) is 8.90. The first-order valence-electron chi connectivity index (χ1n) is 30.8. The van der Waals surface area contributed by atoms with Crippen molar-refractivity contribution in [1.82, 2.24) is 0 Å². The Hall–Kier alpha value is -2.89. The smallest absolute Gasteiger partial charge is 0.306 e. The Balaban J connectivity index is 4.31. The molecule has 0 heterocycles. The second kappa shape index (κ2) is 59.7. The van der Waals surface area contributed by atoms with E-state index >= 15 is 0 Å². The van der Waals surface area contributed by atoms with Crippen molar-refractivity contribution >= 4 is 17.9 Å². The molecule has 6 nitrogen and oxygen atoms in total. The molecule has 0 aliphatic carbocycles. The van der Waals surface area contributed by atoms with Gasteiger partial charge in [0.05, 0.1) is 0 Å². The molecule has 71 heavy (non-hydrogen) atoms. The van der Waals surface area contributed by atoms with Gasteiger partial charge in [0.1, 0.15) is 13.2 Å². The molecule has 0 bridgehead atoms. The number of ether oxygens (including phenoxy) is 3. The van der Waals surface area contributed by atoms with E-state index in [9.17, 15) is 14.4 Å². The molecule has 0 rings (SSSR count). The summed E-state index contributed by atoms with van der Waals surface area (Å²) in [5.74, 6) is -0.878. The molecule has 6 heteroatoms. The van der Waals surface area contributed by atoms with Crippen molar-refractivity contribution in [3.05, 3.63) is 60.8 Å². The highest BCUT2D eigenvalue weighted by molar-refractivity contribution is 5.71. The lowest BCUT2D eigenvalue weighted by Gasteiger charge is -2.18. The largest absolute Gasteiger partial charge is 0.462 e. The molecular weight excluding hydrogens is 877 g/mol. The standard InChI is InChI=1S/C65H116O6/c1-4-7-10-13-16-19-22-25-27-29-31-33-35-36-38-40-43-46-49-52-55-58-64(67)70-61-62(60-69-63(66)57-54-51-48-45-42-24-21-18-15-12-9-6-3)71-65(68)59-56-53-50-47-44-41-39-37-34-32-30-28-26-23-20-17-14-11-8-5-2/h7,10,16,18-19,21,25,27,31,33,62H,4-6,8-9,11-15,17,20,22-24,26,28-30,32,34-61H2,1-3H3/b10-7-,19-16-,21-18-,27-25-,33-31-. The Morgan fingerprint density at radius 2 is 0.549 bits per heavy atom. The zero-order valence-electron chi connectivity index (χ0n) is 47.2. The molecule has 0 aromatic carbocycles. The van der Waals surface area contributed by atoms with E-state index in [-0.39, 0.29) is 31.1 Å². The molecular formula is C65H116O6. The Bertz CT molecular complexity index is 1280. The van der Waals surface area contributed by atoms with Crippen molar-refractivity contribution in [2.45, 2.75) is 322 Å². The molecule has 0 saturated heterocycles. The highest BCUT2D eigenvalue weighted by Gasteiger charge is 2.19. The summed E-state index contributed by atoms with van der Waals surface area (Å²) in [7, 11) is 0. The first-order valence-corrected chi connectivity index (χ1v) is 30.8. The third-order valence-electron chi connectivity index (χ3n) is 13.5. The SMILES string of the molecule is CC/C=C\C/C=C\C/C=C\C/C=C\CCCCCCCCCCC(=O)OCC(COC(=O)CCCCCCC/C=C\CCCCC)OC(=O)CCCCCCCCCCCCCCCCCCCCCC. The summed E-state index contributed by atoms with van der Waals surface area (Å²) in [6.07, 6.45) is 75.1. The summed E-state index contributed by atoms with van der Waals surface area (Å²) in [6.45, 7) is 6.53. The molecule has 0 amide bonds. The predicted molar refractivity (Wildman–Crippen MR) is 307 cm³/mol. The van der Waals surface area contributed by atoms with E-state index in [4.69, 9.17) is 14.2 Å². The van der Waals surface area contributed by atoms with Crippen molar-refractivity contribution < 1.29 is 28.6 Å². The van der Waals surface area contributed by atoms with Crippen molar-refractivity contribution in [3.63, 3.8) is 0 Å². The average molecular weight is 994 g/mol. The minimum atomic E-state index is -0.779. The Morgan fingerprint density at radius 1 is 0.296 bits per heavy atom. The van der Waals surface area contributed by atoms with Gasteiger partial charge in [0.15, 0.2) is 6.10 Å². The maximum Gasteiger partial charge on any atom is 0.306 e. The molecule has 0 aromatic heterocycles. The summed E-state index contributed by atoms with van der Waals surface area (Å²) < 4.78 is 16.9. The quantitative estimate of drug-likeness (QED) is 0.0261. The summed E-state index contributed by atoms with van der Waals surface area (Å²) in [6, 6.07) is 0. The summed E-state index contributed by atoms with van der Waals surface area (Å²) >= 11 is 0. The minimum absolute atomic E-state index is 0.0782. The number of allylic oxidation sites excluding steroid dienone is 10. The predicted octanol–water partition coefficient (Wildman–Crippen LogP) is 20.8. The van der Waals surface area contributed by atoms with Gasteiger partial charge in [-0.25, -0.2) is 0 Å². The van der Waals surface area contributed by atoms with Crippen LogP contribution in [0.3, 0.4) is 0 Å². The normalized spacial score (nSPS) is 12.4. The number of carbonyl (C=O) groups is 3. The van der Waals surface area contributed by atoms with E-state index < -0.39 is 6.10 Å². The number of esters is 3. The van der Waals surface area contributed by atoms with Crippen LogP contribution in [-0.4, -0.2) is 37.2 Å². The molecule has 0 spiro atoms. The molecule has 0 N–H and O–H groups in total. The number of rotatable bonds is 56. The van der Waals surface area contributed by atoms with E-state index in [0.717, 1.165) is 96.3 Å². The monoisotopic (exact) mass is 993 g/mol. The van der Waals surface area contributed by atoms with E-state index in [1.165, 1.54) is 180 Å². The summed E-state index contributed by atoms with van der Waals surface area (Å²) in [4.78, 5) is 38.2. The first-order chi connectivity index (χ1) is 35.0. The average Bonchev–Trinajstić information content (AvgIpc) is 3.37. The Kier molecular flexibility index (Phi) is 57.2. The maximum absolute atomic E-state index is 12.9. The van der Waals surface area contributed by atoms with Gasteiger partial charge >= 0.3 is 17.9 Å².